The Morgan fingerprint density at radius 2 is 2.07 bits per heavy atom. The van der Waals surface area contributed by atoms with Gasteiger partial charge in [-0.05, 0) is 60.7 Å². The molecule has 0 aliphatic rings. The van der Waals surface area contributed by atoms with Crippen molar-refractivity contribution < 1.29 is 9.21 Å². The van der Waals surface area contributed by atoms with E-state index in [-0.39, 0.29) is 11.7 Å². The van der Waals surface area contributed by atoms with E-state index in [4.69, 9.17) is 4.42 Å². The van der Waals surface area contributed by atoms with E-state index in [1.54, 1.807) is 17.6 Å². The Morgan fingerprint density at radius 3 is 2.80 bits per heavy atom. The molecule has 0 radical (unpaired) electrons. The molecule has 0 aliphatic carbocycles. The predicted molar refractivity (Wildman–Crippen MR) is 120 cm³/mol. The quantitative estimate of drug-likeness (QED) is 0.395. The van der Waals surface area contributed by atoms with Gasteiger partial charge in [0.1, 0.15) is 11.6 Å². The Balaban J connectivity index is 1.46. The third kappa shape index (κ3) is 5.01. The van der Waals surface area contributed by atoms with Crippen molar-refractivity contribution in [1.29, 1.82) is 0 Å². The average Bonchev–Trinajstić information content (AvgIpc) is 3.48. The molecule has 30 heavy (non-hydrogen) atoms. The minimum atomic E-state index is -0.0735. The van der Waals surface area contributed by atoms with Crippen molar-refractivity contribution in [2.45, 2.75) is 32.0 Å². The maximum atomic E-state index is 12.5. The van der Waals surface area contributed by atoms with E-state index in [0.717, 1.165) is 22.8 Å². The van der Waals surface area contributed by atoms with Crippen LogP contribution in [-0.2, 0) is 17.8 Å². The Bertz CT molecular complexity index is 1120. The van der Waals surface area contributed by atoms with Crippen molar-refractivity contribution in [3.05, 3.63) is 81.7 Å². The molecule has 4 rings (SSSR count). The number of aromatic nitrogens is 3. The largest absolute Gasteiger partial charge is 0.467 e. The molecule has 0 aliphatic heterocycles. The summed E-state index contributed by atoms with van der Waals surface area (Å²) >= 11 is 3.07. The van der Waals surface area contributed by atoms with E-state index in [1.165, 1.54) is 22.2 Å². The second-order valence-corrected chi connectivity index (χ2v) is 8.93. The summed E-state index contributed by atoms with van der Waals surface area (Å²) in [5.74, 6) is 1.85. The number of rotatable bonds is 8. The van der Waals surface area contributed by atoms with Gasteiger partial charge in [0.05, 0.1) is 18.6 Å². The van der Waals surface area contributed by atoms with Gasteiger partial charge in [0.15, 0.2) is 5.16 Å². The number of nitrogens with one attached hydrogen (secondary N) is 1. The molecule has 0 atom stereocenters. The van der Waals surface area contributed by atoms with Crippen molar-refractivity contribution >= 4 is 34.7 Å². The summed E-state index contributed by atoms with van der Waals surface area (Å²) in [4.78, 5) is 13.7. The summed E-state index contributed by atoms with van der Waals surface area (Å²) in [7, 11) is 0. The summed E-state index contributed by atoms with van der Waals surface area (Å²) in [5.41, 5.74) is 3.16. The molecule has 0 bridgehead atoms. The van der Waals surface area contributed by atoms with Crippen molar-refractivity contribution in [1.82, 2.24) is 14.8 Å². The number of aryl methyl sites for hydroxylation is 2. The SMILES string of the molecule is Cc1ccc(NC(=O)CSc2nnc(Cc3cccs3)n2Cc2ccco2)cc1C. The summed E-state index contributed by atoms with van der Waals surface area (Å²) in [6.07, 6.45) is 2.35. The Morgan fingerprint density at radius 1 is 1.17 bits per heavy atom. The number of anilines is 1. The van der Waals surface area contributed by atoms with Crippen LogP contribution in [0.5, 0.6) is 0 Å². The number of benzene rings is 1. The third-order valence-electron chi connectivity index (χ3n) is 4.72. The molecule has 154 valence electrons. The normalized spacial score (nSPS) is 11.0. The highest BCUT2D eigenvalue weighted by Crippen LogP contribution is 2.22. The standard InChI is InChI=1S/C22H22N4O2S2/c1-15-7-8-17(11-16(15)2)23-21(27)14-30-22-25-24-20(12-19-6-4-10-29-19)26(22)13-18-5-3-9-28-18/h3-11H,12-14H2,1-2H3,(H,23,27). The number of carbonyl (C=O) groups is 1. The first-order valence-corrected chi connectivity index (χ1v) is 11.4. The lowest BCUT2D eigenvalue weighted by Crippen LogP contribution is -2.15. The first-order chi connectivity index (χ1) is 14.6. The van der Waals surface area contributed by atoms with Crippen LogP contribution in [0.4, 0.5) is 5.69 Å². The fraction of sp³-hybridized carbons (Fsp3) is 0.227. The average molecular weight is 439 g/mol. The predicted octanol–water partition coefficient (Wildman–Crippen LogP) is 4.92. The molecule has 1 amide bonds. The molecule has 0 saturated carbocycles. The zero-order chi connectivity index (χ0) is 20.9. The van der Waals surface area contributed by atoms with Gasteiger partial charge in [-0.25, -0.2) is 0 Å². The smallest absolute Gasteiger partial charge is 0.234 e. The fourth-order valence-electron chi connectivity index (χ4n) is 2.99. The molecule has 0 saturated heterocycles. The molecule has 0 spiro atoms. The second-order valence-electron chi connectivity index (χ2n) is 6.96. The number of furan rings is 1. The lowest BCUT2D eigenvalue weighted by atomic mass is 10.1. The number of nitrogens with zero attached hydrogens (tertiary/aromatic N) is 3. The van der Waals surface area contributed by atoms with E-state index in [9.17, 15) is 4.79 Å². The molecule has 8 heteroatoms. The number of carbonyl (C=O) groups excluding carboxylic acids is 1. The van der Waals surface area contributed by atoms with Gasteiger partial charge in [-0.2, -0.15) is 0 Å². The fourth-order valence-corrected chi connectivity index (χ4v) is 4.45. The molecular formula is C22H22N4O2S2. The number of hydrogen-bond acceptors (Lipinski definition) is 6. The van der Waals surface area contributed by atoms with Crippen molar-refractivity contribution in [2.75, 3.05) is 11.1 Å². The maximum Gasteiger partial charge on any atom is 0.234 e. The highest BCUT2D eigenvalue weighted by atomic mass is 32.2. The van der Waals surface area contributed by atoms with E-state index >= 15 is 0 Å². The molecule has 3 aromatic heterocycles. The molecule has 1 N–H and O–H groups in total. The number of thioether (sulfide) groups is 1. The van der Waals surface area contributed by atoms with E-state index in [2.05, 4.69) is 33.9 Å². The Labute approximate surface area is 183 Å². The third-order valence-corrected chi connectivity index (χ3v) is 6.57. The van der Waals surface area contributed by atoms with Crippen LogP contribution in [0.3, 0.4) is 0 Å². The van der Waals surface area contributed by atoms with Crippen molar-refractivity contribution in [3.63, 3.8) is 0 Å². The molecule has 1 aromatic carbocycles. The van der Waals surface area contributed by atoms with Gasteiger partial charge < -0.3 is 9.73 Å². The van der Waals surface area contributed by atoms with Gasteiger partial charge in [-0.3, -0.25) is 9.36 Å². The van der Waals surface area contributed by atoms with Crippen LogP contribution in [0, 0.1) is 13.8 Å². The van der Waals surface area contributed by atoms with Gasteiger partial charge in [0.2, 0.25) is 5.91 Å². The molecule has 0 unspecified atom stereocenters. The Kier molecular flexibility index (Phi) is 6.35. The van der Waals surface area contributed by atoms with E-state index in [1.807, 2.05) is 47.9 Å². The highest BCUT2D eigenvalue weighted by molar-refractivity contribution is 7.99. The minimum absolute atomic E-state index is 0.0735. The minimum Gasteiger partial charge on any atom is -0.467 e. The van der Waals surface area contributed by atoms with Gasteiger partial charge in [0.25, 0.3) is 0 Å². The van der Waals surface area contributed by atoms with Crippen LogP contribution >= 0.6 is 23.1 Å². The van der Waals surface area contributed by atoms with Gasteiger partial charge >= 0.3 is 0 Å². The first-order valence-electron chi connectivity index (χ1n) is 9.55. The molecule has 3 heterocycles. The summed E-state index contributed by atoms with van der Waals surface area (Å²) in [6.45, 7) is 4.62. The van der Waals surface area contributed by atoms with Gasteiger partial charge in [-0.1, -0.05) is 23.9 Å². The van der Waals surface area contributed by atoms with Crippen molar-refractivity contribution in [3.8, 4) is 0 Å². The topological polar surface area (TPSA) is 73.0 Å². The van der Waals surface area contributed by atoms with E-state index < -0.39 is 0 Å². The van der Waals surface area contributed by atoms with Crippen LogP contribution in [0.1, 0.15) is 27.6 Å². The van der Waals surface area contributed by atoms with Crippen LogP contribution in [0.2, 0.25) is 0 Å². The first kappa shape index (κ1) is 20.4. The van der Waals surface area contributed by atoms with Crippen LogP contribution in [-0.4, -0.2) is 26.4 Å². The number of thiophene rings is 1. The molecule has 6 nitrogen and oxygen atoms in total. The number of amides is 1. The van der Waals surface area contributed by atoms with E-state index in [0.29, 0.717) is 18.1 Å². The zero-order valence-electron chi connectivity index (χ0n) is 16.8. The van der Waals surface area contributed by atoms with Crippen LogP contribution in [0.25, 0.3) is 0 Å². The van der Waals surface area contributed by atoms with Gasteiger partial charge in [-0.15, -0.1) is 21.5 Å². The lowest BCUT2D eigenvalue weighted by molar-refractivity contribution is -0.113. The second kappa shape index (κ2) is 9.32. The molecular weight excluding hydrogens is 416 g/mol. The van der Waals surface area contributed by atoms with Crippen LogP contribution < -0.4 is 5.32 Å². The van der Waals surface area contributed by atoms with Gasteiger partial charge in [0, 0.05) is 17.0 Å². The summed E-state index contributed by atoms with van der Waals surface area (Å²) < 4.78 is 7.54. The summed E-state index contributed by atoms with van der Waals surface area (Å²) in [5, 5.41) is 14.4. The monoisotopic (exact) mass is 438 g/mol. The summed E-state index contributed by atoms with van der Waals surface area (Å²) in [6, 6.07) is 13.8. The van der Waals surface area contributed by atoms with Crippen molar-refractivity contribution in [2.24, 2.45) is 0 Å². The Hall–Kier alpha value is -2.84. The molecule has 0 fully saturated rings. The van der Waals surface area contributed by atoms with Crippen LogP contribution in [0.15, 0.2) is 63.7 Å². The molecule has 4 aromatic rings. The maximum absolute atomic E-state index is 12.5. The number of hydrogen-bond donors (Lipinski definition) is 1. The zero-order valence-corrected chi connectivity index (χ0v) is 18.4. The highest BCUT2D eigenvalue weighted by Gasteiger charge is 2.16. The lowest BCUT2D eigenvalue weighted by Gasteiger charge is -2.09.